The number of fused-ring (bicyclic) bond motifs is 1. The van der Waals surface area contributed by atoms with Crippen LogP contribution in [0.15, 0.2) is 64.4 Å². The number of hydrogen-bond donors (Lipinski definition) is 1. The number of aryl methyl sites for hydroxylation is 1. The molecule has 1 aliphatic heterocycles. The fourth-order valence-electron chi connectivity index (χ4n) is 3.79. The Bertz CT molecular complexity index is 1300. The molecule has 1 fully saturated rings. The van der Waals surface area contributed by atoms with Crippen LogP contribution in [0.3, 0.4) is 0 Å². The molecule has 0 spiro atoms. The van der Waals surface area contributed by atoms with Crippen LogP contribution in [0, 0.1) is 0 Å². The number of carbonyl (C=O) groups excluding carboxylic acids is 1. The van der Waals surface area contributed by atoms with Gasteiger partial charge in [0.1, 0.15) is 5.56 Å². The minimum atomic E-state index is -3.76. The number of morpholine rings is 1. The quantitative estimate of drug-likeness (QED) is 0.608. The first-order chi connectivity index (χ1) is 15.4. The Balaban J connectivity index is 1.62. The molecule has 3 aromatic rings. The first-order valence-electron chi connectivity index (χ1n) is 10.4. The van der Waals surface area contributed by atoms with Crippen molar-refractivity contribution in [1.29, 1.82) is 0 Å². The van der Waals surface area contributed by atoms with Gasteiger partial charge in [0, 0.05) is 38.3 Å². The Labute approximate surface area is 186 Å². The van der Waals surface area contributed by atoms with Crippen molar-refractivity contribution in [3.8, 4) is 0 Å². The number of nitrogens with one attached hydrogen (secondary N) is 1. The Morgan fingerprint density at radius 1 is 1.09 bits per heavy atom. The molecule has 8 nitrogen and oxygen atoms in total. The molecule has 9 heteroatoms. The molecular weight excluding hydrogens is 430 g/mol. The lowest BCUT2D eigenvalue weighted by molar-refractivity contribution is 0.0730. The number of hydrogen-bond acceptors (Lipinski definition) is 5. The van der Waals surface area contributed by atoms with Gasteiger partial charge in [0.15, 0.2) is 0 Å². The van der Waals surface area contributed by atoms with Crippen LogP contribution in [0.5, 0.6) is 0 Å². The lowest BCUT2D eigenvalue weighted by Gasteiger charge is -2.26. The van der Waals surface area contributed by atoms with Crippen LogP contribution < -0.4 is 10.7 Å². The van der Waals surface area contributed by atoms with E-state index in [2.05, 4.69) is 5.32 Å². The lowest BCUT2D eigenvalue weighted by atomic mass is 10.1. The fraction of sp³-hybridized carbons (Fsp3) is 0.304. The predicted molar refractivity (Wildman–Crippen MR) is 121 cm³/mol. The molecule has 0 saturated carbocycles. The summed E-state index contributed by atoms with van der Waals surface area (Å²) < 4.78 is 34.3. The molecule has 0 bridgehead atoms. The number of rotatable bonds is 6. The molecule has 1 saturated heterocycles. The molecule has 1 amide bonds. The molecule has 1 aromatic heterocycles. The zero-order valence-electron chi connectivity index (χ0n) is 17.8. The van der Waals surface area contributed by atoms with Gasteiger partial charge in [0.05, 0.1) is 23.6 Å². The zero-order valence-corrected chi connectivity index (χ0v) is 18.6. The van der Waals surface area contributed by atoms with Crippen molar-refractivity contribution < 1.29 is 17.9 Å². The van der Waals surface area contributed by atoms with Gasteiger partial charge in [-0.15, -0.1) is 0 Å². The second kappa shape index (κ2) is 9.23. The number of ether oxygens (including phenoxy) is 1. The van der Waals surface area contributed by atoms with E-state index in [1.165, 1.54) is 22.6 Å². The van der Waals surface area contributed by atoms with E-state index in [0.29, 0.717) is 31.7 Å². The van der Waals surface area contributed by atoms with Crippen molar-refractivity contribution in [1.82, 2.24) is 14.2 Å². The standard InChI is InChI=1S/C23H25N3O5S/c1-25-16-20(23(28)24-10-9-17-5-3-2-4-6-17)22(27)19-15-18(7-8-21(19)25)32(29,30)26-11-13-31-14-12-26/h2-8,15-16H,9-14H2,1H3,(H,24,28). The highest BCUT2D eigenvalue weighted by Crippen LogP contribution is 2.21. The molecule has 0 atom stereocenters. The number of carbonyl (C=O) groups is 1. The largest absolute Gasteiger partial charge is 0.379 e. The zero-order chi connectivity index (χ0) is 22.7. The van der Waals surface area contributed by atoms with Gasteiger partial charge in [-0.3, -0.25) is 9.59 Å². The van der Waals surface area contributed by atoms with Crippen LogP contribution in [0.2, 0.25) is 0 Å². The molecule has 0 unspecified atom stereocenters. The van der Waals surface area contributed by atoms with Gasteiger partial charge in [-0.1, -0.05) is 30.3 Å². The lowest BCUT2D eigenvalue weighted by Crippen LogP contribution is -2.40. The van der Waals surface area contributed by atoms with Crippen LogP contribution in [0.25, 0.3) is 10.9 Å². The van der Waals surface area contributed by atoms with Gasteiger partial charge < -0.3 is 14.6 Å². The smallest absolute Gasteiger partial charge is 0.256 e. The topological polar surface area (TPSA) is 97.7 Å². The molecule has 1 N–H and O–H groups in total. The predicted octanol–water partition coefficient (Wildman–Crippen LogP) is 1.53. The van der Waals surface area contributed by atoms with Crippen LogP contribution in [-0.4, -0.2) is 56.0 Å². The summed E-state index contributed by atoms with van der Waals surface area (Å²) in [6.45, 7) is 1.59. The second-order valence-electron chi connectivity index (χ2n) is 7.67. The van der Waals surface area contributed by atoms with E-state index >= 15 is 0 Å². The van der Waals surface area contributed by atoms with Gasteiger partial charge in [-0.2, -0.15) is 4.31 Å². The van der Waals surface area contributed by atoms with E-state index in [4.69, 9.17) is 4.74 Å². The Hall–Kier alpha value is -3.01. The summed E-state index contributed by atoms with van der Waals surface area (Å²) in [6.07, 6.45) is 2.13. The first-order valence-corrected chi connectivity index (χ1v) is 11.9. The Morgan fingerprint density at radius 2 is 1.81 bits per heavy atom. The van der Waals surface area contributed by atoms with Crippen LogP contribution in [0.4, 0.5) is 0 Å². The van der Waals surface area contributed by atoms with Crippen LogP contribution in [-0.2, 0) is 28.2 Å². The van der Waals surface area contributed by atoms with Crippen molar-refractivity contribution in [3.63, 3.8) is 0 Å². The molecule has 4 rings (SSSR count). The average molecular weight is 456 g/mol. The van der Waals surface area contributed by atoms with Gasteiger partial charge in [0.2, 0.25) is 15.5 Å². The van der Waals surface area contributed by atoms with Crippen molar-refractivity contribution in [3.05, 3.63) is 76.1 Å². The van der Waals surface area contributed by atoms with Gasteiger partial charge in [-0.05, 0) is 30.2 Å². The maximum Gasteiger partial charge on any atom is 0.256 e. The highest BCUT2D eigenvalue weighted by Gasteiger charge is 2.27. The fourth-order valence-corrected chi connectivity index (χ4v) is 5.22. The summed E-state index contributed by atoms with van der Waals surface area (Å²) in [5.41, 5.74) is 1.12. The van der Waals surface area contributed by atoms with Gasteiger partial charge >= 0.3 is 0 Å². The molecular formula is C23H25N3O5S. The average Bonchev–Trinajstić information content (AvgIpc) is 2.82. The number of amides is 1. The van der Waals surface area contributed by atoms with Crippen molar-refractivity contribution >= 4 is 26.8 Å². The van der Waals surface area contributed by atoms with E-state index in [1.807, 2.05) is 30.3 Å². The minimum absolute atomic E-state index is 0.0195. The highest BCUT2D eigenvalue weighted by atomic mass is 32.2. The minimum Gasteiger partial charge on any atom is -0.379 e. The van der Waals surface area contributed by atoms with Crippen molar-refractivity contribution in [2.75, 3.05) is 32.8 Å². The molecule has 168 valence electrons. The number of aromatic nitrogens is 1. The summed E-state index contributed by atoms with van der Waals surface area (Å²) in [6, 6.07) is 14.2. The van der Waals surface area contributed by atoms with E-state index in [1.54, 1.807) is 17.7 Å². The molecule has 0 aliphatic carbocycles. The summed E-state index contributed by atoms with van der Waals surface area (Å²) in [5.74, 6) is -0.482. The number of benzene rings is 2. The number of nitrogens with zero attached hydrogens (tertiary/aromatic N) is 2. The summed E-state index contributed by atoms with van der Waals surface area (Å²) >= 11 is 0. The van der Waals surface area contributed by atoms with E-state index in [-0.39, 0.29) is 28.9 Å². The molecule has 1 aliphatic rings. The first kappa shape index (κ1) is 22.2. The Kier molecular flexibility index (Phi) is 6.40. The normalized spacial score (nSPS) is 15.0. The second-order valence-corrected chi connectivity index (χ2v) is 9.61. The van der Waals surface area contributed by atoms with E-state index < -0.39 is 21.4 Å². The summed E-state index contributed by atoms with van der Waals surface area (Å²) in [4.78, 5) is 25.9. The number of pyridine rings is 1. The monoisotopic (exact) mass is 455 g/mol. The SMILES string of the molecule is Cn1cc(C(=O)NCCc2ccccc2)c(=O)c2cc(S(=O)(=O)N3CCOCC3)ccc21. The van der Waals surface area contributed by atoms with Crippen molar-refractivity contribution in [2.45, 2.75) is 11.3 Å². The number of sulfonamides is 1. The van der Waals surface area contributed by atoms with Gasteiger partial charge in [-0.25, -0.2) is 8.42 Å². The van der Waals surface area contributed by atoms with Gasteiger partial charge in [0.25, 0.3) is 5.91 Å². The third-order valence-corrected chi connectivity index (χ3v) is 7.45. The van der Waals surface area contributed by atoms with Crippen molar-refractivity contribution in [2.24, 2.45) is 7.05 Å². The van der Waals surface area contributed by atoms with Crippen LogP contribution in [0.1, 0.15) is 15.9 Å². The highest BCUT2D eigenvalue weighted by molar-refractivity contribution is 7.89. The van der Waals surface area contributed by atoms with Crippen LogP contribution >= 0.6 is 0 Å². The molecule has 32 heavy (non-hydrogen) atoms. The molecule has 2 heterocycles. The maximum absolute atomic E-state index is 13.1. The Morgan fingerprint density at radius 3 is 2.53 bits per heavy atom. The van der Waals surface area contributed by atoms with E-state index in [0.717, 1.165) is 5.56 Å². The van der Waals surface area contributed by atoms with E-state index in [9.17, 15) is 18.0 Å². The summed E-state index contributed by atoms with van der Waals surface area (Å²) in [5, 5.41) is 2.98. The third-order valence-electron chi connectivity index (χ3n) is 5.55. The molecule has 2 aromatic carbocycles. The third kappa shape index (κ3) is 4.45. The molecule has 0 radical (unpaired) electrons. The maximum atomic E-state index is 13.1. The summed E-state index contributed by atoms with van der Waals surface area (Å²) in [7, 11) is -2.04.